The van der Waals surface area contributed by atoms with Gasteiger partial charge in [0.15, 0.2) is 11.6 Å². The lowest BCUT2D eigenvalue weighted by atomic mass is 10.2. The van der Waals surface area contributed by atoms with Crippen molar-refractivity contribution < 1.29 is 17.9 Å². The second-order valence-corrected chi connectivity index (χ2v) is 9.27. The molecule has 0 aliphatic carbocycles. The van der Waals surface area contributed by atoms with Crippen LogP contribution in [0, 0.1) is 0 Å². The molecular weight excluding hydrogens is 476 g/mol. The van der Waals surface area contributed by atoms with Gasteiger partial charge in [-0.25, -0.2) is 18.4 Å². The number of anilines is 3. The molecule has 0 aliphatic heterocycles. The van der Waals surface area contributed by atoms with Crippen molar-refractivity contribution in [3.63, 3.8) is 0 Å². The monoisotopic (exact) mass is 494 g/mol. The third-order valence-electron chi connectivity index (χ3n) is 5.00. The zero-order valence-electron chi connectivity index (χ0n) is 18.0. The molecule has 0 saturated carbocycles. The van der Waals surface area contributed by atoms with Gasteiger partial charge in [-0.2, -0.15) is 8.75 Å². The number of rotatable bonds is 7. The summed E-state index contributed by atoms with van der Waals surface area (Å²) in [5, 5.41) is 3.13. The third-order valence-corrected chi connectivity index (χ3v) is 6.91. The van der Waals surface area contributed by atoms with Crippen molar-refractivity contribution in [2.24, 2.45) is 0 Å². The summed E-state index contributed by atoms with van der Waals surface area (Å²) in [6, 6.07) is 17.2. The van der Waals surface area contributed by atoms with Crippen LogP contribution in [-0.2, 0) is 10.0 Å². The van der Waals surface area contributed by atoms with Gasteiger partial charge in [0.1, 0.15) is 27.4 Å². The molecule has 2 aromatic heterocycles. The molecule has 0 atom stereocenters. The van der Waals surface area contributed by atoms with Gasteiger partial charge in [-0.15, -0.1) is 0 Å². The molecule has 0 unspecified atom stereocenters. The van der Waals surface area contributed by atoms with Gasteiger partial charge in [0.05, 0.1) is 42.7 Å². The Hall–Kier alpha value is -4.03. The van der Waals surface area contributed by atoms with E-state index < -0.39 is 10.0 Å². The van der Waals surface area contributed by atoms with Crippen molar-refractivity contribution in [2.75, 3.05) is 24.3 Å². The number of sulfonamides is 1. The van der Waals surface area contributed by atoms with Crippen LogP contribution in [0.2, 0.25) is 0 Å². The maximum Gasteiger partial charge on any atom is 0.265 e. The van der Waals surface area contributed by atoms with Crippen LogP contribution in [0.3, 0.4) is 0 Å². The molecule has 2 heterocycles. The summed E-state index contributed by atoms with van der Waals surface area (Å²) in [4.78, 5) is 9.13. The SMILES string of the molecule is COc1ccc(OC)c(Nc2nc3ccccc3nc2NS(=O)(=O)c2cccc3nsnc23)c1. The summed E-state index contributed by atoms with van der Waals surface area (Å²) in [5.41, 5.74) is 2.42. The smallest absolute Gasteiger partial charge is 0.265 e. The number of methoxy groups -OCH3 is 2. The fraction of sp³-hybridized carbons (Fsp3) is 0.0909. The molecule has 34 heavy (non-hydrogen) atoms. The first-order chi connectivity index (χ1) is 16.5. The highest BCUT2D eigenvalue weighted by Gasteiger charge is 2.23. The summed E-state index contributed by atoms with van der Waals surface area (Å²) < 4.78 is 48.3. The van der Waals surface area contributed by atoms with E-state index in [1.54, 1.807) is 55.6 Å². The number of aromatic nitrogens is 4. The molecule has 12 heteroatoms. The average Bonchev–Trinajstić information content (AvgIpc) is 3.33. The molecule has 0 aliphatic rings. The number of hydrogen-bond donors (Lipinski definition) is 2. The van der Waals surface area contributed by atoms with Crippen LogP contribution in [0.5, 0.6) is 11.5 Å². The van der Waals surface area contributed by atoms with Crippen molar-refractivity contribution >= 4 is 61.1 Å². The van der Waals surface area contributed by atoms with E-state index in [9.17, 15) is 8.42 Å². The van der Waals surface area contributed by atoms with Gasteiger partial charge in [0.25, 0.3) is 10.0 Å². The molecule has 10 nitrogen and oxygen atoms in total. The lowest BCUT2D eigenvalue weighted by molar-refractivity contribution is 0.405. The fourth-order valence-electron chi connectivity index (χ4n) is 3.38. The van der Waals surface area contributed by atoms with Crippen molar-refractivity contribution in [1.29, 1.82) is 0 Å². The van der Waals surface area contributed by atoms with Crippen LogP contribution in [0.4, 0.5) is 17.3 Å². The molecule has 0 saturated heterocycles. The van der Waals surface area contributed by atoms with Gasteiger partial charge >= 0.3 is 0 Å². The molecule has 3 aromatic carbocycles. The van der Waals surface area contributed by atoms with Crippen molar-refractivity contribution in [3.8, 4) is 11.5 Å². The molecule has 0 bridgehead atoms. The van der Waals surface area contributed by atoms with Crippen molar-refractivity contribution in [2.45, 2.75) is 4.90 Å². The Bertz CT molecular complexity index is 1620. The first-order valence-electron chi connectivity index (χ1n) is 9.98. The van der Waals surface area contributed by atoms with E-state index in [2.05, 4.69) is 28.8 Å². The van der Waals surface area contributed by atoms with Crippen molar-refractivity contribution in [1.82, 2.24) is 18.7 Å². The van der Waals surface area contributed by atoms with E-state index in [1.807, 2.05) is 6.07 Å². The summed E-state index contributed by atoms with van der Waals surface area (Å²) in [6.07, 6.45) is 0. The molecule has 172 valence electrons. The molecule has 5 aromatic rings. The highest BCUT2D eigenvalue weighted by molar-refractivity contribution is 7.93. The first kappa shape index (κ1) is 21.8. The van der Waals surface area contributed by atoms with E-state index in [-0.39, 0.29) is 22.0 Å². The standard InChI is InChI=1S/C22H18N6O4S2/c1-31-13-10-11-18(32-2)17(12-13)25-21-22(24-15-7-4-3-6-14(15)23-21)28-34(29,30)19-9-5-8-16-20(19)27-33-26-16/h3-12H,1-2H3,(H,23,25)(H,24,28). The van der Waals surface area contributed by atoms with E-state index in [0.29, 0.717) is 33.7 Å². The van der Waals surface area contributed by atoms with Crippen LogP contribution in [-0.4, -0.2) is 41.4 Å². The highest BCUT2D eigenvalue weighted by atomic mass is 32.2. The van der Waals surface area contributed by atoms with Crippen LogP contribution >= 0.6 is 11.7 Å². The van der Waals surface area contributed by atoms with Crippen LogP contribution in [0.15, 0.2) is 65.6 Å². The van der Waals surface area contributed by atoms with Gasteiger partial charge in [-0.3, -0.25) is 4.72 Å². The Morgan fingerprint density at radius 3 is 2.29 bits per heavy atom. The number of fused-ring (bicyclic) bond motifs is 2. The zero-order chi connectivity index (χ0) is 23.7. The second-order valence-electron chi connectivity index (χ2n) is 7.09. The summed E-state index contributed by atoms with van der Waals surface area (Å²) >= 11 is 0.946. The number of hydrogen-bond acceptors (Lipinski definition) is 10. The maximum absolute atomic E-state index is 13.4. The molecule has 5 rings (SSSR count). The quantitative estimate of drug-likeness (QED) is 0.342. The Labute approximate surface area is 199 Å². The largest absolute Gasteiger partial charge is 0.497 e. The number of ether oxygens (including phenoxy) is 2. The Balaban J connectivity index is 1.62. The van der Waals surface area contributed by atoms with Crippen LogP contribution < -0.4 is 19.5 Å². The van der Waals surface area contributed by atoms with E-state index in [4.69, 9.17) is 9.47 Å². The first-order valence-corrected chi connectivity index (χ1v) is 12.2. The predicted octanol–water partition coefficient (Wildman–Crippen LogP) is 4.20. The molecule has 2 N–H and O–H groups in total. The van der Waals surface area contributed by atoms with Crippen molar-refractivity contribution in [3.05, 3.63) is 60.7 Å². The summed E-state index contributed by atoms with van der Waals surface area (Å²) in [5.74, 6) is 1.31. The highest BCUT2D eigenvalue weighted by Crippen LogP contribution is 2.34. The van der Waals surface area contributed by atoms with Gasteiger partial charge < -0.3 is 14.8 Å². The van der Waals surface area contributed by atoms with Crippen LogP contribution in [0.25, 0.3) is 22.1 Å². The van der Waals surface area contributed by atoms with E-state index in [1.165, 1.54) is 13.2 Å². The predicted molar refractivity (Wildman–Crippen MR) is 131 cm³/mol. The van der Waals surface area contributed by atoms with Gasteiger partial charge in [0.2, 0.25) is 0 Å². The molecular formula is C22H18N6O4S2. The van der Waals surface area contributed by atoms with Gasteiger partial charge in [-0.1, -0.05) is 18.2 Å². The topological polar surface area (TPSA) is 128 Å². The lowest BCUT2D eigenvalue weighted by Gasteiger charge is -2.16. The minimum absolute atomic E-state index is 0.00128. The minimum Gasteiger partial charge on any atom is -0.497 e. The van der Waals surface area contributed by atoms with E-state index >= 15 is 0 Å². The maximum atomic E-state index is 13.4. The number of nitrogens with zero attached hydrogens (tertiary/aromatic N) is 4. The minimum atomic E-state index is -4.07. The number of nitrogens with one attached hydrogen (secondary N) is 2. The number of benzene rings is 3. The van der Waals surface area contributed by atoms with Crippen LogP contribution in [0.1, 0.15) is 0 Å². The average molecular weight is 495 g/mol. The Kier molecular flexibility index (Phi) is 5.59. The zero-order valence-corrected chi connectivity index (χ0v) is 19.6. The lowest BCUT2D eigenvalue weighted by Crippen LogP contribution is -2.16. The molecule has 0 spiro atoms. The van der Waals surface area contributed by atoms with Gasteiger partial charge in [0, 0.05) is 6.07 Å². The second kappa shape index (κ2) is 8.72. The fourth-order valence-corrected chi connectivity index (χ4v) is 5.15. The molecule has 0 fully saturated rings. The third kappa shape index (κ3) is 4.04. The summed E-state index contributed by atoms with van der Waals surface area (Å²) in [7, 11) is -0.983. The number of para-hydroxylation sites is 2. The Morgan fingerprint density at radius 1 is 0.824 bits per heavy atom. The molecule has 0 radical (unpaired) electrons. The van der Waals surface area contributed by atoms with E-state index in [0.717, 1.165) is 11.7 Å². The van der Waals surface area contributed by atoms with Gasteiger partial charge in [-0.05, 0) is 36.4 Å². The normalized spacial score (nSPS) is 11.5. The molecule has 0 amide bonds. The summed E-state index contributed by atoms with van der Waals surface area (Å²) in [6.45, 7) is 0. The Morgan fingerprint density at radius 2 is 1.56 bits per heavy atom.